The first kappa shape index (κ1) is 21.6. The Bertz CT molecular complexity index is 1030. The highest BCUT2D eigenvalue weighted by atomic mass is 16.6. The monoisotopic (exact) mass is 438 g/mol. The molecule has 32 heavy (non-hydrogen) atoms. The fourth-order valence-corrected chi connectivity index (χ4v) is 4.16. The molecule has 1 saturated heterocycles. The number of benzene rings is 2. The average molecular weight is 438 g/mol. The van der Waals surface area contributed by atoms with Crippen LogP contribution >= 0.6 is 0 Å². The molecule has 0 radical (unpaired) electrons. The van der Waals surface area contributed by atoms with Crippen LogP contribution in [0.4, 0.5) is 17.1 Å². The van der Waals surface area contributed by atoms with Crippen LogP contribution in [0.1, 0.15) is 24.8 Å². The molecule has 2 aromatic carbocycles. The number of nitro groups is 1. The standard InChI is InChI=1S/C23H26N4O5/c1-16-9-10-17(19(13-16)27(30)31)24-22(28)15-26-14-21(23(29)25-11-5-2-6-12-25)32-20-8-4-3-7-18(20)26/h3-4,7-10,13,21H,2,5-6,11-12,14-15H2,1H3,(H,24,28). The van der Waals surface area contributed by atoms with E-state index in [0.717, 1.165) is 37.9 Å². The second-order valence-electron chi connectivity index (χ2n) is 8.17. The average Bonchev–Trinajstić information content (AvgIpc) is 2.80. The van der Waals surface area contributed by atoms with E-state index < -0.39 is 16.9 Å². The summed E-state index contributed by atoms with van der Waals surface area (Å²) in [7, 11) is 0. The highest BCUT2D eigenvalue weighted by Gasteiger charge is 2.34. The van der Waals surface area contributed by atoms with Gasteiger partial charge in [0.2, 0.25) is 5.91 Å². The van der Waals surface area contributed by atoms with Crippen LogP contribution < -0.4 is 15.0 Å². The van der Waals surface area contributed by atoms with Crippen LogP contribution in [-0.2, 0) is 9.59 Å². The van der Waals surface area contributed by atoms with Crippen molar-refractivity contribution in [2.24, 2.45) is 0 Å². The number of hydrogen-bond donors (Lipinski definition) is 1. The molecule has 2 aliphatic rings. The van der Waals surface area contributed by atoms with Crippen molar-refractivity contribution >= 4 is 28.9 Å². The zero-order valence-electron chi connectivity index (χ0n) is 18.0. The molecule has 2 aromatic rings. The molecule has 168 valence electrons. The maximum Gasteiger partial charge on any atom is 0.293 e. The van der Waals surface area contributed by atoms with Gasteiger partial charge in [0.1, 0.15) is 11.4 Å². The maximum atomic E-state index is 13.0. The molecule has 9 nitrogen and oxygen atoms in total. The number of aryl methyl sites for hydroxylation is 1. The lowest BCUT2D eigenvalue weighted by molar-refractivity contribution is -0.384. The van der Waals surface area contributed by atoms with Gasteiger partial charge in [0.05, 0.1) is 23.7 Å². The third kappa shape index (κ3) is 4.66. The number of hydrogen-bond acceptors (Lipinski definition) is 6. The molecule has 1 fully saturated rings. The SMILES string of the molecule is Cc1ccc(NC(=O)CN2CC(C(=O)N3CCCCC3)Oc3ccccc32)c([N+](=O)[O-])c1. The predicted octanol–water partition coefficient (Wildman–Crippen LogP) is 3.12. The molecule has 0 saturated carbocycles. The Balaban J connectivity index is 1.51. The van der Waals surface area contributed by atoms with E-state index >= 15 is 0 Å². The number of ether oxygens (including phenoxy) is 1. The summed E-state index contributed by atoms with van der Waals surface area (Å²) in [5, 5.41) is 14.0. The second-order valence-corrected chi connectivity index (χ2v) is 8.17. The number of nitrogens with zero attached hydrogens (tertiary/aromatic N) is 3. The molecule has 0 aromatic heterocycles. The summed E-state index contributed by atoms with van der Waals surface area (Å²) in [6.07, 6.45) is 2.38. The van der Waals surface area contributed by atoms with Crippen molar-refractivity contribution in [3.8, 4) is 5.75 Å². The Morgan fingerprint density at radius 3 is 2.66 bits per heavy atom. The van der Waals surface area contributed by atoms with Gasteiger partial charge in [-0.05, 0) is 49.9 Å². The first-order valence-corrected chi connectivity index (χ1v) is 10.8. The van der Waals surface area contributed by atoms with E-state index in [-0.39, 0.29) is 30.4 Å². The van der Waals surface area contributed by atoms with Crippen LogP contribution in [0.15, 0.2) is 42.5 Å². The van der Waals surface area contributed by atoms with Crippen molar-refractivity contribution in [1.82, 2.24) is 4.90 Å². The van der Waals surface area contributed by atoms with Crippen LogP contribution in [0.5, 0.6) is 5.75 Å². The van der Waals surface area contributed by atoms with E-state index in [9.17, 15) is 19.7 Å². The summed E-state index contributed by atoms with van der Waals surface area (Å²) < 4.78 is 5.99. The lowest BCUT2D eigenvalue weighted by Crippen LogP contribution is -2.52. The molecule has 0 spiro atoms. The number of rotatable bonds is 5. The highest BCUT2D eigenvalue weighted by molar-refractivity contribution is 5.96. The predicted molar refractivity (Wildman–Crippen MR) is 120 cm³/mol. The van der Waals surface area contributed by atoms with Crippen LogP contribution in [0.2, 0.25) is 0 Å². The number of piperidine rings is 1. The van der Waals surface area contributed by atoms with Crippen molar-refractivity contribution < 1.29 is 19.2 Å². The zero-order valence-corrected chi connectivity index (χ0v) is 18.0. The molecule has 2 aliphatic heterocycles. The minimum Gasteiger partial charge on any atom is -0.477 e. The van der Waals surface area contributed by atoms with E-state index in [0.29, 0.717) is 11.4 Å². The van der Waals surface area contributed by atoms with E-state index in [1.807, 2.05) is 23.1 Å². The molecule has 2 heterocycles. The van der Waals surface area contributed by atoms with Crippen molar-refractivity contribution in [3.05, 3.63) is 58.1 Å². The van der Waals surface area contributed by atoms with E-state index in [1.165, 1.54) is 12.1 Å². The van der Waals surface area contributed by atoms with E-state index in [2.05, 4.69) is 5.32 Å². The normalized spacial score (nSPS) is 17.8. The van der Waals surface area contributed by atoms with Crippen molar-refractivity contribution in [1.29, 1.82) is 0 Å². The summed E-state index contributed by atoms with van der Waals surface area (Å²) in [6.45, 7) is 3.36. The van der Waals surface area contributed by atoms with Crippen LogP contribution in [0.25, 0.3) is 0 Å². The van der Waals surface area contributed by atoms with Gasteiger partial charge in [-0.25, -0.2) is 0 Å². The van der Waals surface area contributed by atoms with E-state index in [1.54, 1.807) is 24.0 Å². The maximum absolute atomic E-state index is 13.0. The van der Waals surface area contributed by atoms with Crippen LogP contribution in [0, 0.1) is 17.0 Å². The molecule has 4 rings (SSSR count). The Hall–Kier alpha value is -3.62. The third-order valence-electron chi connectivity index (χ3n) is 5.76. The number of likely N-dealkylation sites (tertiary alicyclic amines) is 1. The van der Waals surface area contributed by atoms with Gasteiger partial charge in [-0.3, -0.25) is 19.7 Å². The topological polar surface area (TPSA) is 105 Å². The highest BCUT2D eigenvalue weighted by Crippen LogP contribution is 2.34. The number of nitrogens with one attached hydrogen (secondary N) is 1. The summed E-state index contributed by atoms with van der Waals surface area (Å²) in [6, 6.07) is 11.9. The van der Waals surface area contributed by atoms with Crippen molar-refractivity contribution in [2.45, 2.75) is 32.3 Å². The quantitative estimate of drug-likeness (QED) is 0.568. The number of amides is 2. The lowest BCUT2D eigenvalue weighted by Gasteiger charge is -2.38. The van der Waals surface area contributed by atoms with Crippen molar-refractivity contribution in [3.63, 3.8) is 0 Å². The minimum atomic E-state index is -0.704. The summed E-state index contributed by atoms with van der Waals surface area (Å²) in [5.41, 5.74) is 1.44. The Morgan fingerprint density at radius 2 is 1.91 bits per heavy atom. The van der Waals surface area contributed by atoms with Gasteiger partial charge in [0.15, 0.2) is 6.10 Å². The Labute approximate surface area is 186 Å². The molecular formula is C23H26N4O5. The van der Waals surface area contributed by atoms with Gasteiger partial charge < -0.3 is 19.9 Å². The minimum absolute atomic E-state index is 0.0603. The zero-order chi connectivity index (χ0) is 22.7. The van der Waals surface area contributed by atoms with Crippen LogP contribution in [-0.4, -0.2) is 53.9 Å². The fourth-order valence-electron chi connectivity index (χ4n) is 4.16. The fraction of sp³-hybridized carbons (Fsp3) is 0.391. The van der Waals surface area contributed by atoms with Crippen LogP contribution in [0.3, 0.4) is 0 Å². The van der Waals surface area contributed by atoms with Gasteiger partial charge in [0, 0.05) is 19.2 Å². The molecule has 1 N–H and O–H groups in total. The molecule has 2 amide bonds. The molecule has 0 aliphatic carbocycles. The summed E-state index contributed by atoms with van der Waals surface area (Å²) in [4.78, 5) is 40.3. The van der Waals surface area contributed by atoms with Gasteiger partial charge in [-0.2, -0.15) is 0 Å². The Morgan fingerprint density at radius 1 is 1.16 bits per heavy atom. The van der Waals surface area contributed by atoms with Gasteiger partial charge in [-0.15, -0.1) is 0 Å². The first-order chi connectivity index (χ1) is 15.4. The number of carbonyl (C=O) groups excluding carboxylic acids is 2. The molecule has 1 unspecified atom stereocenters. The van der Waals surface area contributed by atoms with Gasteiger partial charge >= 0.3 is 0 Å². The van der Waals surface area contributed by atoms with Gasteiger partial charge in [0.25, 0.3) is 11.6 Å². The van der Waals surface area contributed by atoms with E-state index in [4.69, 9.17) is 4.74 Å². The third-order valence-corrected chi connectivity index (χ3v) is 5.76. The number of carbonyl (C=O) groups is 2. The Kier molecular flexibility index (Phi) is 6.25. The number of nitro benzene ring substituents is 1. The number of fused-ring (bicyclic) bond motifs is 1. The molecule has 0 bridgehead atoms. The van der Waals surface area contributed by atoms with Gasteiger partial charge in [-0.1, -0.05) is 18.2 Å². The van der Waals surface area contributed by atoms with Crippen molar-refractivity contribution in [2.75, 3.05) is 36.4 Å². The first-order valence-electron chi connectivity index (χ1n) is 10.8. The molecule has 1 atom stereocenters. The summed E-state index contributed by atoms with van der Waals surface area (Å²) in [5.74, 6) is 0.0693. The summed E-state index contributed by atoms with van der Waals surface area (Å²) >= 11 is 0. The largest absolute Gasteiger partial charge is 0.477 e. The smallest absolute Gasteiger partial charge is 0.293 e. The number of para-hydroxylation sites is 2. The number of anilines is 2. The molecule has 9 heteroatoms. The lowest BCUT2D eigenvalue weighted by atomic mass is 10.1. The second kappa shape index (κ2) is 9.25. The molecular weight excluding hydrogens is 412 g/mol.